The van der Waals surface area contributed by atoms with E-state index in [-0.39, 0.29) is 0 Å². The van der Waals surface area contributed by atoms with Gasteiger partial charge in [-0.05, 0) is 38.8 Å². The second-order valence-corrected chi connectivity index (χ2v) is 7.27. The van der Waals surface area contributed by atoms with Crippen LogP contribution in [0.15, 0.2) is 0 Å². The van der Waals surface area contributed by atoms with Crippen molar-refractivity contribution in [3.05, 3.63) is 0 Å². The van der Waals surface area contributed by atoms with Gasteiger partial charge in [0.15, 0.2) is 0 Å². The number of hydrogen-bond donors (Lipinski definition) is 0. The summed E-state index contributed by atoms with van der Waals surface area (Å²) >= 11 is 0. The molecule has 2 fully saturated rings. The van der Waals surface area contributed by atoms with Gasteiger partial charge in [-0.3, -0.25) is 0 Å². The summed E-state index contributed by atoms with van der Waals surface area (Å²) in [7, 11) is -2.99. The third-order valence-electron chi connectivity index (χ3n) is 3.82. The van der Waals surface area contributed by atoms with Crippen LogP contribution < -0.4 is 0 Å². The predicted octanol–water partition coefficient (Wildman–Crippen LogP) is 1.29. The Morgan fingerprint density at radius 2 is 1.29 bits per heavy atom. The molecule has 0 aromatic heterocycles. The SMILES string of the molecule is O=S(=O)(CCN1CCCCC1)N1CCCCC1. The van der Waals surface area contributed by atoms with E-state index in [1.165, 1.54) is 25.7 Å². The first-order chi connectivity index (χ1) is 8.18. The molecule has 0 aromatic carbocycles. The first kappa shape index (κ1) is 13.3. The molecule has 2 aliphatic heterocycles. The second-order valence-electron chi connectivity index (χ2n) is 5.18. The molecule has 2 heterocycles. The Kier molecular flexibility index (Phi) is 4.82. The van der Waals surface area contributed by atoms with Crippen LogP contribution in [0, 0.1) is 0 Å². The molecule has 5 heteroatoms. The molecule has 2 rings (SSSR count). The molecule has 0 atom stereocenters. The highest BCUT2D eigenvalue weighted by molar-refractivity contribution is 7.89. The van der Waals surface area contributed by atoms with Gasteiger partial charge < -0.3 is 4.90 Å². The fourth-order valence-corrected chi connectivity index (χ4v) is 4.26. The topological polar surface area (TPSA) is 40.6 Å². The fourth-order valence-electron chi connectivity index (χ4n) is 2.70. The molecule has 4 nitrogen and oxygen atoms in total. The van der Waals surface area contributed by atoms with Crippen LogP contribution in [0.5, 0.6) is 0 Å². The number of nitrogens with zero attached hydrogens (tertiary/aromatic N) is 2. The Morgan fingerprint density at radius 3 is 1.88 bits per heavy atom. The fraction of sp³-hybridized carbons (Fsp3) is 1.00. The quantitative estimate of drug-likeness (QED) is 0.765. The lowest BCUT2D eigenvalue weighted by molar-refractivity contribution is 0.239. The van der Waals surface area contributed by atoms with E-state index in [4.69, 9.17) is 0 Å². The van der Waals surface area contributed by atoms with Gasteiger partial charge in [-0.2, -0.15) is 0 Å². The van der Waals surface area contributed by atoms with E-state index in [0.29, 0.717) is 5.75 Å². The van der Waals surface area contributed by atoms with Gasteiger partial charge in [-0.25, -0.2) is 12.7 Å². The Balaban J connectivity index is 1.79. The lowest BCUT2D eigenvalue weighted by Gasteiger charge is -2.29. The lowest BCUT2D eigenvalue weighted by atomic mass is 10.1. The van der Waals surface area contributed by atoms with Crippen LogP contribution in [0.25, 0.3) is 0 Å². The average Bonchev–Trinajstić information content (AvgIpc) is 2.39. The number of likely N-dealkylation sites (tertiary alicyclic amines) is 1. The van der Waals surface area contributed by atoms with Crippen molar-refractivity contribution >= 4 is 10.0 Å². The van der Waals surface area contributed by atoms with E-state index in [1.807, 2.05) is 0 Å². The summed E-state index contributed by atoms with van der Waals surface area (Å²) in [4.78, 5) is 2.30. The third kappa shape index (κ3) is 3.93. The lowest BCUT2D eigenvalue weighted by Crippen LogP contribution is -2.41. The second kappa shape index (κ2) is 6.16. The minimum absolute atomic E-state index is 0.312. The Bertz CT molecular complexity index is 317. The molecule has 0 aliphatic carbocycles. The van der Waals surface area contributed by atoms with E-state index in [1.54, 1.807) is 4.31 Å². The molecule has 0 spiro atoms. The maximum absolute atomic E-state index is 12.1. The molecule has 0 amide bonds. The largest absolute Gasteiger partial charge is 0.302 e. The van der Waals surface area contributed by atoms with E-state index < -0.39 is 10.0 Å². The molecule has 0 bridgehead atoms. The van der Waals surface area contributed by atoms with E-state index in [9.17, 15) is 8.42 Å². The summed E-state index contributed by atoms with van der Waals surface area (Å²) in [5, 5.41) is 0. The van der Waals surface area contributed by atoms with Crippen LogP contribution in [-0.2, 0) is 10.0 Å². The monoisotopic (exact) mass is 260 g/mol. The van der Waals surface area contributed by atoms with Crippen LogP contribution >= 0.6 is 0 Å². The van der Waals surface area contributed by atoms with Gasteiger partial charge in [0.05, 0.1) is 5.75 Å². The maximum Gasteiger partial charge on any atom is 0.215 e. The van der Waals surface area contributed by atoms with Crippen molar-refractivity contribution in [1.82, 2.24) is 9.21 Å². The number of rotatable bonds is 4. The van der Waals surface area contributed by atoms with Crippen LogP contribution in [0.2, 0.25) is 0 Å². The highest BCUT2D eigenvalue weighted by Gasteiger charge is 2.24. The van der Waals surface area contributed by atoms with Gasteiger partial charge in [0, 0.05) is 19.6 Å². The first-order valence-electron chi connectivity index (χ1n) is 6.89. The summed E-state index contributed by atoms with van der Waals surface area (Å²) in [6.45, 7) is 4.36. The van der Waals surface area contributed by atoms with E-state index in [0.717, 1.165) is 45.6 Å². The zero-order chi connectivity index (χ0) is 12.1. The summed E-state index contributed by atoms with van der Waals surface area (Å²) < 4.78 is 25.9. The molecular weight excluding hydrogens is 236 g/mol. The molecule has 17 heavy (non-hydrogen) atoms. The molecule has 0 radical (unpaired) electrons. The van der Waals surface area contributed by atoms with Gasteiger partial charge in [0.25, 0.3) is 0 Å². The van der Waals surface area contributed by atoms with Crippen LogP contribution in [0.1, 0.15) is 38.5 Å². The van der Waals surface area contributed by atoms with Crippen molar-refractivity contribution in [2.45, 2.75) is 38.5 Å². The normalized spacial score (nSPS) is 24.9. The Hall–Kier alpha value is -0.130. The molecule has 0 unspecified atom stereocenters. The highest BCUT2D eigenvalue weighted by Crippen LogP contribution is 2.14. The predicted molar refractivity (Wildman–Crippen MR) is 69.5 cm³/mol. The van der Waals surface area contributed by atoms with Gasteiger partial charge in [0.2, 0.25) is 10.0 Å². The minimum atomic E-state index is -2.99. The molecule has 0 saturated carbocycles. The van der Waals surface area contributed by atoms with E-state index >= 15 is 0 Å². The van der Waals surface area contributed by atoms with Gasteiger partial charge >= 0.3 is 0 Å². The molecule has 0 N–H and O–H groups in total. The standard InChI is InChI=1S/C12H24N2O2S/c15-17(16,14-9-5-2-6-10-14)12-11-13-7-3-1-4-8-13/h1-12H2. The van der Waals surface area contributed by atoms with Crippen molar-refractivity contribution in [2.75, 3.05) is 38.5 Å². The zero-order valence-electron chi connectivity index (χ0n) is 10.6. The van der Waals surface area contributed by atoms with Crippen molar-refractivity contribution < 1.29 is 8.42 Å². The van der Waals surface area contributed by atoms with Gasteiger partial charge in [-0.15, -0.1) is 0 Å². The number of sulfonamides is 1. The average molecular weight is 260 g/mol. The first-order valence-corrected chi connectivity index (χ1v) is 8.49. The summed E-state index contributed by atoms with van der Waals surface area (Å²) in [6, 6.07) is 0. The summed E-state index contributed by atoms with van der Waals surface area (Å²) in [5.74, 6) is 0.312. The summed E-state index contributed by atoms with van der Waals surface area (Å²) in [6.07, 6.45) is 6.99. The van der Waals surface area contributed by atoms with Crippen molar-refractivity contribution in [1.29, 1.82) is 0 Å². The van der Waals surface area contributed by atoms with Gasteiger partial charge in [-0.1, -0.05) is 12.8 Å². The summed E-state index contributed by atoms with van der Waals surface area (Å²) in [5.41, 5.74) is 0. The highest BCUT2D eigenvalue weighted by atomic mass is 32.2. The van der Waals surface area contributed by atoms with Crippen molar-refractivity contribution in [3.63, 3.8) is 0 Å². The smallest absolute Gasteiger partial charge is 0.215 e. The van der Waals surface area contributed by atoms with Crippen molar-refractivity contribution in [2.24, 2.45) is 0 Å². The van der Waals surface area contributed by atoms with E-state index in [2.05, 4.69) is 4.90 Å². The molecule has 100 valence electrons. The van der Waals surface area contributed by atoms with Gasteiger partial charge in [0.1, 0.15) is 0 Å². The number of piperidine rings is 2. The minimum Gasteiger partial charge on any atom is -0.302 e. The molecule has 2 aliphatic rings. The van der Waals surface area contributed by atoms with Crippen LogP contribution in [0.4, 0.5) is 0 Å². The third-order valence-corrected chi connectivity index (χ3v) is 5.67. The number of hydrogen-bond acceptors (Lipinski definition) is 3. The zero-order valence-corrected chi connectivity index (χ0v) is 11.4. The Labute approximate surface area is 105 Å². The Morgan fingerprint density at radius 1 is 0.765 bits per heavy atom. The maximum atomic E-state index is 12.1. The van der Waals surface area contributed by atoms with Crippen molar-refractivity contribution in [3.8, 4) is 0 Å². The van der Waals surface area contributed by atoms with Crippen LogP contribution in [-0.4, -0.2) is 56.1 Å². The molecular formula is C12H24N2O2S. The van der Waals surface area contributed by atoms with Crippen LogP contribution in [0.3, 0.4) is 0 Å². The molecule has 0 aromatic rings. The molecule has 2 saturated heterocycles.